The molecule has 0 bridgehead atoms. The van der Waals surface area contributed by atoms with Crippen molar-refractivity contribution in [2.45, 2.75) is 25.2 Å². The monoisotopic (exact) mass is 197 g/mol. The van der Waals surface area contributed by atoms with Gasteiger partial charge in [0.05, 0.1) is 0 Å². The van der Waals surface area contributed by atoms with Crippen molar-refractivity contribution in [1.29, 1.82) is 0 Å². The molecule has 3 nitrogen and oxygen atoms in total. The Labute approximate surface area is 82.3 Å². The molecular formula is C9H12ClN3. The number of nitrogens with zero attached hydrogens (tertiary/aromatic N) is 2. The summed E-state index contributed by atoms with van der Waals surface area (Å²) in [5, 5.41) is 0.572. The van der Waals surface area contributed by atoms with Crippen molar-refractivity contribution in [2.75, 3.05) is 6.54 Å². The van der Waals surface area contributed by atoms with Gasteiger partial charge in [-0.15, -0.1) is 0 Å². The topological polar surface area (TPSA) is 51.8 Å². The highest BCUT2D eigenvalue weighted by Crippen LogP contribution is 2.38. The Hall–Kier alpha value is -0.670. The standard InChI is InChI=1S/C9H12ClN3/c10-8-7(3-4-11)5-12-9(13-8)6-1-2-6/h5-6H,1-4,11H2. The largest absolute Gasteiger partial charge is 0.330 e. The normalized spacial score (nSPS) is 16.2. The summed E-state index contributed by atoms with van der Waals surface area (Å²) in [7, 11) is 0. The number of rotatable bonds is 3. The predicted molar refractivity (Wildman–Crippen MR) is 51.8 cm³/mol. The fourth-order valence-corrected chi connectivity index (χ4v) is 1.49. The summed E-state index contributed by atoms with van der Waals surface area (Å²) in [6.07, 6.45) is 4.96. The molecule has 4 heteroatoms. The van der Waals surface area contributed by atoms with E-state index in [1.54, 1.807) is 6.20 Å². The zero-order chi connectivity index (χ0) is 9.26. The fourth-order valence-electron chi connectivity index (χ4n) is 1.26. The lowest BCUT2D eigenvalue weighted by Crippen LogP contribution is -2.05. The lowest BCUT2D eigenvalue weighted by molar-refractivity contribution is 0.882. The third-order valence-corrected chi connectivity index (χ3v) is 2.51. The Kier molecular flexibility index (Phi) is 2.47. The van der Waals surface area contributed by atoms with E-state index in [4.69, 9.17) is 17.3 Å². The van der Waals surface area contributed by atoms with Gasteiger partial charge in [0.1, 0.15) is 11.0 Å². The van der Waals surface area contributed by atoms with E-state index in [0.29, 0.717) is 17.6 Å². The molecule has 1 saturated carbocycles. The molecular weight excluding hydrogens is 186 g/mol. The molecule has 0 radical (unpaired) electrons. The molecule has 1 aliphatic carbocycles. The highest BCUT2D eigenvalue weighted by atomic mass is 35.5. The van der Waals surface area contributed by atoms with Crippen LogP contribution in [0.15, 0.2) is 6.20 Å². The molecule has 0 spiro atoms. The number of aromatic nitrogens is 2. The molecule has 70 valence electrons. The summed E-state index contributed by atoms with van der Waals surface area (Å²) in [5.74, 6) is 1.45. The van der Waals surface area contributed by atoms with Gasteiger partial charge in [-0.25, -0.2) is 9.97 Å². The van der Waals surface area contributed by atoms with Crippen LogP contribution in [-0.4, -0.2) is 16.5 Å². The number of halogens is 1. The second kappa shape index (κ2) is 3.60. The van der Waals surface area contributed by atoms with Crippen LogP contribution in [0, 0.1) is 0 Å². The highest BCUT2D eigenvalue weighted by Gasteiger charge is 2.26. The van der Waals surface area contributed by atoms with E-state index in [9.17, 15) is 0 Å². The van der Waals surface area contributed by atoms with Gasteiger partial charge in [-0.1, -0.05) is 11.6 Å². The molecule has 1 aromatic heterocycles. The van der Waals surface area contributed by atoms with Crippen LogP contribution in [0.25, 0.3) is 0 Å². The van der Waals surface area contributed by atoms with Gasteiger partial charge >= 0.3 is 0 Å². The lowest BCUT2D eigenvalue weighted by Gasteiger charge is -2.02. The van der Waals surface area contributed by atoms with E-state index in [2.05, 4.69) is 9.97 Å². The van der Waals surface area contributed by atoms with Crippen molar-refractivity contribution in [3.63, 3.8) is 0 Å². The van der Waals surface area contributed by atoms with Crippen molar-refractivity contribution in [1.82, 2.24) is 9.97 Å². The van der Waals surface area contributed by atoms with Gasteiger partial charge in [-0.3, -0.25) is 0 Å². The molecule has 1 aliphatic rings. The SMILES string of the molecule is NCCc1cnc(C2CC2)nc1Cl. The Bertz CT molecular complexity index is 310. The molecule has 0 atom stereocenters. The maximum Gasteiger partial charge on any atom is 0.136 e. The van der Waals surface area contributed by atoms with Crippen LogP contribution in [0.5, 0.6) is 0 Å². The predicted octanol–water partition coefficient (Wildman–Crippen LogP) is 1.51. The first-order valence-electron chi connectivity index (χ1n) is 4.52. The summed E-state index contributed by atoms with van der Waals surface area (Å²) in [6.45, 7) is 0.589. The Balaban J connectivity index is 2.21. The maximum atomic E-state index is 5.97. The zero-order valence-corrected chi connectivity index (χ0v) is 8.09. The van der Waals surface area contributed by atoms with Crippen molar-refractivity contribution < 1.29 is 0 Å². The maximum absolute atomic E-state index is 5.97. The molecule has 2 rings (SSSR count). The third-order valence-electron chi connectivity index (χ3n) is 2.19. The van der Waals surface area contributed by atoms with Gasteiger partial charge in [0.15, 0.2) is 0 Å². The molecule has 2 N–H and O–H groups in total. The number of nitrogens with two attached hydrogens (primary N) is 1. The van der Waals surface area contributed by atoms with E-state index in [1.807, 2.05) is 0 Å². The molecule has 0 unspecified atom stereocenters. The molecule has 13 heavy (non-hydrogen) atoms. The molecule has 0 aromatic carbocycles. The number of hydrogen-bond donors (Lipinski definition) is 1. The zero-order valence-electron chi connectivity index (χ0n) is 7.33. The third kappa shape index (κ3) is 1.98. The summed E-state index contributed by atoms with van der Waals surface area (Å²) < 4.78 is 0. The summed E-state index contributed by atoms with van der Waals surface area (Å²) >= 11 is 5.97. The van der Waals surface area contributed by atoms with Gasteiger partial charge < -0.3 is 5.73 Å². The van der Waals surface area contributed by atoms with Gasteiger partial charge in [-0.05, 0) is 25.8 Å². The van der Waals surface area contributed by atoms with Gasteiger partial charge in [0.2, 0.25) is 0 Å². The van der Waals surface area contributed by atoms with Crippen LogP contribution in [-0.2, 0) is 6.42 Å². The average molecular weight is 198 g/mol. The molecule has 0 aliphatic heterocycles. The molecule has 0 amide bonds. The first-order chi connectivity index (χ1) is 6.31. The van der Waals surface area contributed by atoms with Crippen LogP contribution in [0.1, 0.15) is 30.1 Å². The van der Waals surface area contributed by atoms with Crippen LogP contribution < -0.4 is 5.73 Å². The minimum absolute atomic E-state index is 0.560. The summed E-state index contributed by atoms with van der Waals surface area (Å²) in [6, 6.07) is 0. The molecule has 1 heterocycles. The Morgan fingerprint density at radius 1 is 1.54 bits per heavy atom. The van der Waals surface area contributed by atoms with Crippen molar-refractivity contribution >= 4 is 11.6 Å². The molecule has 1 fully saturated rings. The lowest BCUT2D eigenvalue weighted by atomic mass is 10.2. The fraction of sp³-hybridized carbons (Fsp3) is 0.556. The quantitative estimate of drug-likeness (QED) is 0.748. The van der Waals surface area contributed by atoms with E-state index in [-0.39, 0.29) is 0 Å². The minimum Gasteiger partial charge on any atom is -0.330 e. The van der Waals surface area contributed by atoms with Crippen LogP contribution in [0.2, 0.25) is 5.15 Å². The van der Waals surface area contributed by atoms with E-state index in [1.165, 1.54) is 12.8 Å². The smallest absolute Gasteiger partial charge is 0.136 e. The van der Waals surface area contributed by atoms with Gasteiger partial charge in [0, 0.05) is 17.7 Å². The van der Waals surface area contributed by atoms with Crippen molar-refractivity contribution in [3.8, 4) is 0 Å². The van der Waals surface area contributed by atoms with Crippen molar-refractivity contribution in [2.24, 2.45) is 5.73 Å². The first-order valence-corrected chi connectivity index (χ1v) is 4.90. The highest BCUT2D eigenvalue weighted by molar-refractivity contribution is 6.30. The second-order valence-corrected chi connectivity index (χ2v) is 3.72. The van der Waals surface area contributed by atoms with E-state index >= 15 is 0 Å². The van der Waals surface area contributed by atoms with Gasteiger partial charge in [-0.2, -0.15) is 0 Å². The minimum atomic E-state index is 0.560. The van der Waals surface area contributed by atoms with Crippen LogP contribution in [0.3, 0.4) is 0 Å². The first kappa shape index (κ1) is 8.91. The average Bonchev–Trinajstić information content (AvgIpc) is 2.91. The van der Waals surface area contributed by atoms with Crippen molar-refractivity contribution in [3.05, 3.63) is 22.7 Å². The summed E-state index contributed by atoms with van der Waals surface area (Å²) in [4.78, 5) is 8.52. The molecule has 0 saturated heterocycles. The summed E-state index contributed by atoms with van der Waals surface area (Å²) in [5.41, 5.74) is 6.38. The van der Waals surface area contributed by atoms with Crippen LogP contribution >= 0.6 is 11.6 Å². The van der Waals surface area contributed by atoms with Crippen LogP contribution in [0.4, 0.5) is 0 Å². The van der Waals surface area contributed by atoms with E-state index < -0.39 is 0 Å². The Morgan fingerprint density at radius 2 is 2.31 bits per heavy atom. The Morgan fingerprint density at radius 3 is 2.85 bits per heavy atom. The molecule has 1 aromatic rings. The number of hydrogen-bond acceptors (Lipinski definition) is 3. The second-order valence-electron chi connectivity index (χ2n) is 3.36. The van der Waals surface area contributed by atoms with E-state index in [0.717, 1.165) is 17.8 Å². The van der Waals surface area contributed by atoms with Gasteiger partial charge in [0.25, 0.3) is 0 Å².